The molecule has 2 aliphatic heterocycles. The third-order valence-electron chi connectivity index (χ3n) is 2.92. The van der Waals surface area contributed by atoms with Crippen LogP contribution in [-0.2, 0) is 38.1 Å². The molecule has 0 spiro atoms. The van der Waals surface area contributed by atoms with Crippen molar-refractivity contribution in [2.75, 3.05) is 6.61 Å². The van der Waals surface area contributed by atoms with Crippen molar-refractivity contribution in [3.8, 4) is 0 Å². The summed E-state index contributed by atoms with van der Waals surface area (Å²) >= 11 is 0. The second-order valence-corrected chi connectivity index (χ2v) is 4.60. The Morgan fingerprint density at radius 1 is 0.850 bits per heavy atom. The fourth-order valence-corrected chi connectivity index (χ4v) is 2.31. The smallest absolute Gasteiger partial charge is 0.303 e. The first-order valence-corrected chi connectivity index (χ1v) is 6.17. The van der Waals surface area contributed by atoms with Crippen molar-refractivity contribution in [3.05, 3.63) is 0 Å². The molecule has 112 valence electrons. The minimum atomic E-state index is -0.973. The summed E-state index contributed by atoms with van der Waals surface area (Å²) < 4.78 is 26.2. The van der Waals surface area contributed by atoms with Crippen LogP contribution in [-0.4, -0.2) is 55.2 Å². The van der Waals surface area contributed by atoms with E-state index in [4.69, 9.17) is 23.7 Å². The number of rotatable bonds is 3. The highest BCUT2D eigenvalue weighted by molar-refractivity contribution is 5.68. The average molecular weight is 288 g/mol. The van der Waals surface area contributed by atoms with Crippen LogP contribution in [0.4, 0.5) is 0 Å². The second kappa shape index (κ2) is 5.76. The summed E-state index contributed by atoms with van der Waals surface area (Å²) in [6.45, 7) is 3.83. The third kappa shape index (κ3) is 3.07. The number of fused-ring (bicyclic) bond motifs is 2. The lowest BCUT2D eigenvalue weighted by molar-refractivity contribution is -0.250. The first-order valence-electron chi connectivity index (χ1n) is 6.17. The van der Waals surface area contributed by atoms with E-state index in [0.717, 1.165) is 0 Å². The van der Waals surface area contributed by atoms with Crippen molar-refractivity contribution in [1.29, 1.82) is 0 Å². The Morgan fingerprint density at radius 3 is 1.90 bits per heavy atom. The molecule has 2 saturated heterocycles. The Hall–Kier alpha value is -1.67. The fourth-order valence-electron chi connectivity index (χ4n) is 2.31. The van der Waals surface area contributed by atoms with Gasteiger partial charge in [0.05, 0.1) is 6.61 Å². The predicted octanol–water partition coefficient (Wildman–Crippen LogP) is -0.463. The SMILES string of the molecule is CC(=O)O[C@H]1[C@H](OC(C)=O)[C@@H]2OC[C@@H](O2)[C@H]1OC(C)=O. The Bertz CT molecular complexity index is 390. The maximum Gasteiger partial charge on any atom is 0.303 e. The summed E-state index contributed by atoms with van der Waals surface area (Å²) in [6, 6.07) is 0. The van der Waals surface area contributed by atoms with Crippen LogP contribution in [0.3, 0.4) is 0 Å². The summed E-state index contributed by atoms with van der Waals surface area (Å²) in [7, 11) is 0. The molecule has 8 heteroatoms. The highest BCUT2D eigenvalue weighted by Gasteiger charge is 2.55. The molecule has 0 radical (unpaired) electrons. The van der Waals surface area contributed by atoms with Crippen LogP contribution in [0.1, 0.15) is 20.8 Å². The molecule has 0 N–H and O–H groups in total. The number of ether oxygens (including phenoxy) is 5. The molecule has 0 amide bonds. The lowest BCUT2D eigenvalue weighted by Gasteiger charge is -2.38. The number of hydrogen-bond acceptors (Lipinski definition) is 8. The van der Waals surface area contributed by atoms with Gasteiger partial charge in [0, 0.05) is 20.8 Å². The zero-order valence-corrected chi connectivity index (χ0v) is 11.4. The van der Waals surface area contributed by atoms with Gasteiger partial charge in [-0.15, -0.1) is 0 Å². The van der Waals surface area contributed by atoms with Gasteiger partial charge >= 0.3 is 17.9 Å². The first kappa shape index (κ1) is 14.7. The molecule has 0 unspecified atom stereocenters. The minimum absolute atomic E-state index is 0.165. The van der Waals surface area contributed by atoms with Crippen LogP contribution in [0, 0.1) is 0 Å². The molecular formula is C12H16O8. The fraction of sp³-hybridized carbons (Fsp3) is 0.750. The van der Waals surface area contributed by atoms with E-state index in [0.29, 0.717) is 0 Å². The lowest BCUT2D eigenvalue weighted by Crippen LogP contribution is -2.58. The van der Waals surface area contributed by atoms with Crippen LogP contribution in [0.25, 0.3) is 0 Å². The number of carbonyl (C=O) groups excluding carboxylic acids is 3. The first-order chi connectivity index (χ1) is 9.38. The molecule has 2 bridgehead atoms. The van der Waals surface area contributed by atoms with E-state index in [-0.39, 0.29) is 6.61 Å². The topological polar surface area (TPSA) is 97.4 Å². The van der Waals surface area contributed by atoms with Gasteiger partial charge in [-0.25, -0.2) is 0 Å². The highest BCUT2D eigenvalue weighted by atomic mass is 16.8. The van der Waals surface area contributed by atoms with Crippen molar-refractivity contribution in [3.63, 3.8) is 0 Å². The van der Waals surface area contributed by atoms with E-state index in [9.17, 15) is 14.4 Å². The van der Waals surface area contributed by atoms with Crippen molar-refractivity contribution >= 4 is 17.9 Å². The second-order valence-electron chi connectivity index (χ2n) is 4.60. The molecule has 8 nitrogen and oxygen atoms in total. The van der Waals surface area contributed by atoms with E-state index < -0.39 is 48.6 Å². The monoisotopic (exact) mass is 288 g/mol. The van der Waals surface area contributed by atoms with Gasteiger partial charge in [0.25, 0.3) is 0 Å². The van der Waals surface area contributed by atoms with Crippen LogP contribution in [0.15, 0.2) is 0 Å². The van der Waals surface area contributed by atoms with E-state index >= 15 is 0 Å². The van der Waals surface area contributed by atoms with Gasteiger partial charge < -0.3 is 23.7 Å². The molecule has 2 heterocycles. The van der Waals surface area contributed by atoms with Gasteiger partial charge in [0.2, 0.25) is 0 Å². The van der Waals surface area contributed by atoms with Crippen LogP contribution >= 0.6 is 0 Å². The maximum atomic E-state index is 11.2. The molecule has 0 saturated carbocycles. The molecule has 0 aromatic carbocycles. The number of hydrogen-bond donors (Lipinski definition) is 0. The quantitative estimate of drug-likeness (QED) is 0.508. The van der Waals surface area contributed by atoms with Crippen molar-refractivity contribution in [1.82, 2.24) is 0 Å². The highest BCUT2D eigenvalue weighted by Crippen LogP contribution is 2.33. The van der Waals surface area contributed by atoms with E-state index in [1.807, 2.05) is 0 Å². The molecule has 0 aromatic heterocycles. The lowest BCUT2D eigenvalue weighted by atomic mass is 10.00. The average Bonchev–Trinajstić information content (AvgIpc) is 2.74. The van der Waals surface area contributed by atoms with Gasteiger partial charge in [0.15, 0.2) is 24.6 Å². The molecule has 0 aromatic rings. The zero-order chi connectivity index (χ0) is 14.9. The van der Waals surface area contributed by atoms with Crippen LogP contribution < -0.4 is 0 Å². The van der Waals surface area contributed by atoms with Gasteiger partial charge in [-0.3, -0.25) is 14.4 Å². The van der Waals surface area contributed by atoms with Crippen molar-refractivity contribution in [2.45, 2.75) is 51.5 Å². The maximum absolute atomic E-state index is 11.2. The minimum Gasteiger partial charge on any atom is -0.456 e. The summed E-state index contributed by atoms with van der Waals surface area (Å²) in [5, 5.41) is 0. The van der Waals surface area contributed by atoms with Crippen molar-refractivity contribution in [2.24, 2.45) is 0 Å². The zero-order valence-electron chi connectivity index (χ0n) is 11.4. The summed E-state index contributed by atoms with van der Waals surface area (Å²) in [6.07, 6.45) is -4.19. The molecule has 2 rings (SSSR count). The van der Waals surface area contributed by atoms with Crippen LogP contribution in [0.5, 0.6) is 0 Å². The third-order valence-corrected chi connectivity index (χ3v) is 2.92. The molecule has 2 fully saturated rings. The normalized spacial score (nSPS) is 35.2. The Morgan fingerprint density at radius 2 is 1.35 bits per heavy atom. The molecule has 0 aliphatic carbocycles. The summed E-state index contributed by atoms with van der Waals surface area (Å²) in [5.74, 6) is -1.71. The standard InChI is InChI=1S/C12H16O8/c1-5(13)17-9-8-4-16-12(20-8)11(19-7(3)15)10(9)18-6(2)14/h8-12H,4H2,1-3H3/t8-,9-,10-,11+,12-/m1/s1. The summed E-state index contributed by atoms with van der Waals surface area (Å²) in [5.41, 5.74) is 0. The molecule has 2 aliphatic rings. The summed E-state index contributed by atoms with van der Waals surface area (Å²) in [4.78, 5) is 33.6. The van der Waals surface area contributed by atoms with E-state index in [1.54, 1.807) is 0 Å². The van der Waals surface area contributed by atoms with Gasteiger partial charge in [0.1, 0.15) is 6.10 Å². The van der Waals surface area contributed by atoms with Gasteiger partial charge in [-0.05, 0) is 0 Å². The van der Waals surface area contributed by atoms with Crippen molar-refractivity contribution < 1.29 is 38.1 Å². The Labute approximate surface area is 115 Å². The molecular weight excluding hydrogens is 272 g/mol. The Kier molecular flexibility index (Phi) is 4.24. The Balaban J connectivity index is 2.24. The molecule has 20 heavy (non-hydrogen) atoms. The van der Waals surface area contributed by atoms with E-state index in [1.165, 1.54) is 20.8 Å². The number of esters is 3. The van der Waals surface area contributed by atoms with E-state index in [2.05, 4.69) is 0 Å². The van der Waals surface area contributed by atoms with Gasteiger partial charge in [-0.1, -0.05) is 0 Å². The predicted molar refractivity (Wildman–Crippen MR) is 61.3 cm³/mol. The number of carbonyl (C=O) groups is 3. The van der Waals surface area contributed by atoms with Gasteiger partial charge in [-0.2, -0.15) is 0 Å². The van der Waals surface area contributed by atoms with Crippen LogP contribution in [0.2, 0.25) is 0 Å². The molecule has 5 atom stereocenters. The largest absolute Gasteiger partial charge is 0.456 e.